The molecule has 28 heavy (non-hydrogen) atoms. The number of likely N-dealkylation sites (tertiary alicyclic amines) is 2. The van der Waals surface area contributed by atoms with E-state index >= 15 is 0 Å². The Bertz CT molecular complexity index is 643. The van der Waals surface area contributed by atoms with Gasteiger partial charge in [-0.3, -0.25) is 0 Å². The summed E-state index contributed by atoms with van der Waals surface area (Å²) < 4.78 is 11.1. The zero-order valence-corrected chi connectivity index (χ0v) is 17.7. The van der Waals surface area contributed by atoms with Gasteiger partial charge in [-0.25, -0.2) is 4.99 Å². The summed E-state index contributed by atoms with van der Waals surface area (Å²) >= 11 is 0. The van der Waals surface area contributed by atoms with Crippen LogP contribution in [-0.2, 0) is 6.54 Å². The maximum Gasteiger partial charge on any atom is 0.194 e. The minimum atomic E-state index is 0.623. The van der Waals surface area contributed by atoms with E-state index < -0.39 is 0 Å². The average molecular weight is 389 g/mol. The molecule has 0 amide bonds. The van der Waals surface area contributed by atoms with Gasteiger partial charge < -0.3 is 24.6 Å². The van der Waals surface area contributed by atoms with E-state index in [0.717, 1.165) is 48.6 Å². The molecular weight excluding hydrogens is 352 g/mol. The Labute approximate surface area is 169 Å². The highest BCUT2D eigenvalue weighted by molar-refractivity contribution is 5.80. The number of methoxy groups -OCH3 is 1. The van der Waals surface area contributed by atoms with Gasteiger partial charge in [0.1, 0.15) is 0 Å². The van der Waals surface area contributed by atoms with Crippen molar-refractivity contribution in [3.63, 3.8) is 0 Å². The molecule has 156 valence electrons. The third-order valence-electron chi connectivity index (χ3n) is 5.57. The van der Waals surface area contributed by atoms with Crippen molar-refractivity contribution in [1.29, 1.82) is 0 Å². The van der Waals surface area contributed by atoms with Crippen LogP contribution in [0.4, 0.5) is 0 Å². The molecule has 2 heterocycles. The number of ether oxygens (including phenoxy) is 2. The Morgan fingerprint density at radius 2 is 2.00 bits per heavy atom. The molecule has 0 spiro atoms. The molecule has 3 rings (SSSR count). The predicted molar refractivity (Wildman–Crippen MR) is 114 cm³/mol. The first-order chi connectivity index (χ1) is 13.7. The summed E-state index contributed by atoms with van der Waals surface area (Å²) in [5, 5.41) is 3.48. The lowest BCUT2D eigenvalue weighted by Crippen LogP contribution is -2.40. The van der Waals surface area contributed by atoms with Gasteiger partial charge >= 0.3 is 0 Å². The van der Waals surface area contributed by atoms with Gasteiger partial charge in [-0.2, -0.15) is 0 Å². The molecule has 6 heteroatoms. The number of nitrogens with one attached hydrogen (secondary N) is 1. The van der Waals surface area contributed by atoms with E-state index in [2.05, 4.69) is 28.1 Å². The lowest BCUT2D eigenvalue weighted by atomic mass is 10.1. The number of nitrogens with zero attached hydrogens (tertiary/aromatic N) is 3. The van der Waals surface area contributed by atoms with E-state index in [1.807, 2.05) is 19.1 Å². The Kier molecular flexibility index (Phi) is 7.83. The molecule has 1 unspecified atom stereocenters. The first-order valence-electron chi connectivity index (χ1n) is 10.8. The van der Waals surface area contributed by atoms with Crippen molar-refractivity contribution in [1.82, 2.24) is 15.1 Å². The number of guanidine groups is 1. The van der Waals surface area contributed by atoms with Crippen LogP contribution in [0.3, 0.4) is 0 Å². The summed E-state index contributed by atoms with van der Waals surface area (Å²) in [6.07, 6.45) is 4.00. The first kappa shape index (κ1) is 20.8. The fraction of sp³-hybridized carbons (Fsp3) is 0.682. The lowest BCUT2D eigenvalue weighted by molar-refractivity contribution is 0.281. The van der Waals surface area contributed by atoms with Crippen LogP contribution < -0.4 is 14.8 Å². The minimum absolute atomic E-state index is 0.623. The second kappa shape index (κ2) is 10.6. The standard InChI is InChI=1S/C22H36N4O2/c1-4-23-22(26-13-10-19(17-26)16-25-11-6-7-12-25)24-15-18-8-9-20(27-3)21(14-18)28-5-2/h8-9,14,19H,4-7,10-13,15-17H2,1-3H3,(H,23,24). The van der Waals surface area contributed by atoms with Crippen molar-refractivity contribution in [2.24, 2.45) is 10.9 Å². The summed E-state index contributed by atoms with van der Waals surface area (Å²) in [6, 6.07) is 6.06. The highest BCUT2D eigenvalue weighted by Gasteiger charge is 2.27. The number of rotatable bonds is 8. The van der Waals surface area contributed by atoms with Gasteiger partial charge in [0, 0.05) is 26.2 Å². The molecule has 2 aliphatic rings. The highest BCUT2D eigenvalue weighted by atomic mass is 16.5. The highest BCUT2D eigenvalue weighted by Crippen LogP contribution is 2.28. The summed E-state index contributed by atoms with van der Waals surface area (Å²) in [7, 11) is 1.67. The van der Waals surface area contributed by atoms with Crippen LogP contribution in [0.25, 0.3) is 0 Å². The van der Waals surface area contributed by atoms with E-state index in [-0.39, 0.29) is 0 Å². The first-order valence-corrected chi connectivity index (χ1v) is 10.8. The van der Waals surface area contributed by atoms with Crippen LogP contribution >= 0.6 is 0 Å². The smallest absolute Gasteiger partial charge is 0.194 e. The molecule has 0 bridgehead atoms. The van der Waals surface area contributed by atoms with E-state index in [4.69, 9.17) is 14.5 Å². The van der Waals surface area contributed by atoms with Gasteiger partial charge in [-0.15, -0.1) is 0 Å². The number of hydrogen-bond donors (Lipinski definition) is 1. The lowest BCUT2D eigenvalue weighted by Gasteiger charge is -2.23. The maximum absolute atomic E-state index is 5.70. The molecule has 1 N–H and O–H groups in total. The molecule has 0 aliphatic carbocycles. The Hall–Kier alpha value is -1.95. The van der Waals surface area contributed by atoms with Crippen molar-refractivity contribution in [2.45, 2.75) is 39.7 Å². The van der Waals surface area contributed by atoms with Crippen LogP contribution in [-0.4, -0.2) is 68.7 Å². The van der Waals surface area contributed by atoms with Crippen LogP contribution in [0.15, 0.2) is 23.2 Å². The van der Waals surface area contributed by atoms with Gasteiger partial charge in [0.2, 0.25) is 0 Å². The van der Waals surface area contributed by atoms with Gasteiger partial charge in [0.25, 0.3) is 0 Å². The molecule has 0 aromatic heterocycles. The van der Waals surface area contributed by atoms with Crippen molar-refractivity contribution in [3.8, 4) is 11.5 Å². The average Bonchev–Trinajstić information content (AvgIpc) is 3.38. The summed E-state index contributed by atoms with van der Waals surface area (Å²) in [6.45, 7) is 12.3. The number of hydrogen-bond acceptors (Lipinski definition) is 4. The van der Waals surface area contributed by atoms with Crippen molar-refractivity contribution in [3.05, 3.63) is 23.8 Å². The molecular formula is C22H36N4O2. The molecule has 6 nitrogen and oxygen atoms in total. The topological polar surface area (TPSA) is 49.3 Å². The zero-order chi connectivity index (χ0) is 19.8. The van der Waals surface area contributed by atoms with Crippen molar-refractivity contribution >= 4 is 5.96 Å². The fourth-order valence-corrected chi connectivity index (χ4v) is 4.18. The van der Waals surface area contributed by atoms with Crippen LogP contribution in [0, 0.1) is 5.92 Å². The quantitative estimate of drug-likeness (QED) is 0.548. The van der Waals surface area contributed by atoms with Crippen molar-refractivity contribution < 1.29 is 9.47 Å². The molecule has 0 saturated carbocycles. The SMILES string of the molecule is CCNC(=NCc1ccc(OC)c(OCC)c1)N1CCC(CN2CCCC2)C1. The zero-order valence-electron chi connectivity index (χ0n) is 17.7. The van der Waals surface area contributed by atoms with E-state index in [9.17, 15) is 0 Å². The van der Waals surface area contributed by atoms with Gasteiger partial charge in [0.15, 0.2) is 17.5 Å². The fourth-order valence-electron chi connectivity index (χ4n) is 4.18. The summed E-state index contributed by atoms with van der Waals surface area (Å²) in [4.78, 5) is 9.97. The molecule has 2 fully saturated rings. The Morgan fingerprint density at radius 1 is 1.18 bits per heavy atom. The third-order valence-corrected chi connectivity index (χ3v) is 5.57. The Morgan fingerprint density at radius 3 is 2.71 bits per heavy atom. The minimum Gasteiger partial charge on any atom is -0.493 e. The second-order valence-electron chi connectivity index (χ2n) is 7.70. The molecule has 1 aromatic carbocycles. The summed E-state index contributed by atoms with van der Waals surface area (Å²) in [5.41, 5.74) is 1.13. The predicted octanol–water partition coefficient (Wildman–Crippen LogP) is 2.98. The van der Waals surface area contributed by atoms with Gasteiger partial charge in [-0.1, -0.05) is 6.07 Å². The van der Waals surface area contributed by atoms with E-state index in [1.54, 1.807) is 7.11 Å². The maximum atomic E-state index is 5.70. The Balaban J connectivity index is 1.61. The molecule has 1 atom stereocenters. The largest absolute Gasteiger partial charge is 0.493 e. The normalized spacial score (nSPS) is 20.6. The molecule has 1 aromatic rings. The summed E-state index contributed by atoms with van der Waals surface area (Å²) in [5.74, 6) is 3.34. The number of aliphatic imine (C=N–C) groups is 1. The van der Waals surface area contributed by atoms with Gasteiger partial charge in [-0.05, 0) is 69.8 Å². The molecule has 2 saturated heterocycles. The van der Waals surface area contributed by atoms with Crippen LogP contribution in [0.5, 0.6) is 11.5 Å². The van der Waals surface area contributed by atoms with Crippen molar-refractivity contribution in [2.75, 3.05) is 53.0 Å². The monoisotopic (exact) mass is 388 g/mol. The van der Waals surface area contributed by atoms with Crippen LogP contribution in [0.1, 0.15) is 38.7 Å². The molecule has 2 aliphatic heterocycles. The van der Waals surface area contributed by atoms with E-state index in [1.165, 1.54) is 38.9 Å². The third kappa shape index (κ3) is 5.53. The molecule has 0 radical (unpaired) electrons. The van der Waals surface area contributed by atoms with E-state index in [0.29, 0.717) is 13.2 Å². The van der Waals surface area contributed by atoms with Crippen LogP contribution in [0.2, 0.25) is 0 Å². The second-order valence-corrected chi connectivity index (χ2v) is 7.70. The number of benzene rings is 1. The van der Waals surface area contributed by atoms with Gasteiger partial charge in [0.05, 0.1) is 20.3 Å².